The zero-order valence-electron chi connectivity index (χ0n) is 12.2. The largest absolute Gasteiger partial charge is 0.354 e. The normalized spacial score (nSPS) is 19.5. The smallest absolute Gasteiger partial charge is 0.237 e. The van der Waals surface area contributed by atoms with Crippen LogP contribution in [0.25, 0.3) is 0 Å². The van der Waals surface area contributed by atoms with Crippen molar-refractivity contribution in [2.75, 3.05) is 14.2 Å². The average Bonchev–Trinajstić information content (AvgIpc) is 2.48. The molecule has 0 spiro atoms. The lowest BCUT2D eigenvalue weighted by Crippen LogP contribution is -2.52. The molecule has 0 bridgehead atoms. The van der Waals surface area contributed by atoms with Crippen molar-refractivity contribution in [3.63, 3.8) is 0 Å². The van der Waals surface area contributed by atoms with Crippen LogP contribution >= 0.6 is 0 Å². The van der Waals surface area contributed by atoms with Crippen LogP contribution in [-0.2, 0) is 27.2 Å². The summed E-state index contributed by atoms with van der Waals surface area (Å²) in [4.78, 5) is 12.3. The molecule has 20 heavy (non-hydrogen) atoms. The van der Waals surface area contributed by atoms with Gasteiger partial charge in [-0.3, -0.25) is 4.79 Å². The second-order valence-corrected chi connectivity index (χ2v) is 5.04. The number of nitrogens with one attached hydrogen (secondary N) is 2. The minimum absolute atomic E-state index is 0.0221. The predicted molar refractivity (Wildman–Crippen MR) is 76.2 cm³/mol. The van der Waals surface area contributed by atoms with Crippen LogP contribution in [0.15, 0.2) is 24.3 Å². The molecule has 1 amide bonds. The zero-order chi connectivity index (χ0) is 14.5. The van der Waals surface area contributed by atoms with E-state index in [1.807, 2.05) is 19.1 Å². The van der Waals surface area contributed by atoms with E-state index >= 15 is 0 Å². The molecule has 0 saturated heterocycles. The molecule has 2 rings (SSSR count). The quantitative estimate of drug-likeness (QED) is 0.783. The molecule has 0 saturated carbocycles. The van der Waals surface area contributed by atoms with E-state index < -0.39 is 6.29 Å². The van der Waals surface area contributed by atoms with Crippen molar-refractivity contribution in [2.24, 2.45) is 0 Å². The number of benzene rings is 1. The molecular weight excluding hydrogens is 256 g/mol. The van der Waals surface area contributed by atoms with E-state index in [-0.39, 0.29) is 18.0 Å². The van der Waals surface area contributed by atoms with E-state index in [9.17, 15) is 4.79 Å². The Balaban J connectivity index is 1.95. The number of amides is 1. The summed E-state index contributed by atoms with van der Waals surface area (Å²) in [6, 6.07) is 7.79. The standard InChI is InChI=1S/C15H22N2O3/c1-10(15(19-2)20-3)17-14(18)13-8-11-6-4-5-7-12(11)9-16-13/h4-7,10,13,15-16H,8-9H2,1-3H3,(H,17,18)/t10?,13-/m1/s1. The number of hydrogen-bond acceptors (Lipinski definition) is 4. The Hall–Kier alpha value is -1.43. The maximum atomic E-state index is 12.3. The van der Waals surface area contributed by atoms with Crippen molar-refractivity contribution in [2.45, 2.75) is 38.3 Å². The van der Waals surface area contributed by atoms with Crippen molar-refractivity contribution < 1.29 is 14.3 Å². The average molecular weight is 278 g/mol. The zero-order valence-corrected chi connectivity index (χ0v) is 12.2. The first-order valence-electron chi connectivity index (χ1n) is 6.81. The summed E-state index contributed by atoms with van der Waals surface area (Å²) in [6.45, 7) is 2.59. The number of rotatable bonds is 5. The van der Waals surface area contributed by atoms with Crippen LogP contribution in [0, 0.1) is 0 Å². The lowest BCUT2D eigenvalue weighted by atomic mass is 9.95. The third-order valence-electron chi connectivity index (χ3n) is 3.64. The van der Waals surface area contributed by atoms with Crippen LogP contribution in [0.4, 0.5) is 0 Å². The highest BCUT2D eigenvalue weighted by molar-refractivity contribution is 5.82. The lowest BCUT2D eigenvalue weighted by Gasteiger charge is -2.28. The van der Waals surface area contributed by atoms with Gasteiger partial charge in [-0.15, -0.1) is 0 Å². The van der Waals surface area contributed by atoms with Gasteiger partial charge in [0.25, 0.3) is 0 Å². The molecule has 1 unspecified atom stereocenters. The fourth-order valence-corrected chi connectivity index (χ4v) is 2.54. The van der Waals surface area contributed by atoms with Crippen molar-refractivity contribution in [3.8, 4) is 0 Å². The summed E-state index contributed by atoms with van der Waals surface area (Å²) in [7, 11) is 3.12. The summed E-state index contributed by atoms with van der Waals surface area (Å²) < 4.78 is 10.3. The summed E-state index contributed by atoms with van der Waals surface area (Å²) >= 11 is 0. The summed E-state index contributed by atoms with van der Waals surface area (Å²) in [6.07, 6.45) is 0.272. The van der Waals surface area contributed by atoms with E-state index in [0.29, 0.717) is 6.42 Å². The van der Waals surface area contributed by atoms with Crippen molar-refractivity contribution in [1.82, 2.24) is 10.6 Å². The molecule has 5 nitrogen and oxygen atoms in total. The Morgan fingerprint density at radius 3 is 2.60 bits per heavy atom. The fraction of sp³-hybridized carbons (Fsp3) is 0.533. The van der Waals surface area contributed by atoms with Crippen LogP contribution in [0.3, 0.4) is 0 Å². The van der Waals surface area contributed by atoms with Crippen LogP contribution in [0.2, 0.25) is 0 Å². The van der Waals surface area contributed by atoms with Gasteiger partial charge >= 0.3 is 0 Å². The highest BCUT2D eigenvalue weighted by Gasteiger charge is 2.26. The molecule has 0 aliphatic carbocycles. The van der Waals surface area contributed by atoms with Gasteiger partial charge in [-0.25, -0.2) is 0 Å². The molecule has 1 aliphatic heterocycles. The van der Waals surface area contributed by atoms with Gasteiger partial charge in [-0.2, -0.15) is 0 Å². The molecular formula is C15H22N2O3. The molecule has 2 atom stereocenters. The topological polar surface area (TPSA) is 59.6 Å². The van der Waals surface area contributed by atoms with E-state index in [0.717, 1.165) is 6.54 Å². The minimum Gasteiger partial charge on any atom is -0.354 e. The van der Waals surface area contributed by atoms with Crippen molar-refractivity contribution in [1.29, 1.82) is 0 Å². The highest BCUT2D eigenvalue weighted by Crippen LogP contribution is 2.16. The van der Waals surface area contributed by atoms with Gasteiger partial charge in [-0.05, 0) is 24.5 Å². The second kappa shape index (κ2) is 6.83. The first-order valence-corrected chi connectivity index (χ1v) is 6.81. The van der Waals surface area contributed by atoms with Gasteiger partial charge < -0.3 is 20.1 Å². The Bertz CT molecular complexity index is 460. The van der Waals surface area contributed by atoms with Gasteiger partial charge in [0.15, 0.2) is 6.29 Å². The summed E-state index contributed by atoms with van der Waals surface area (Å²) in [5.41, 5.74) is 2.49. The first kappa shape index (κ1) is 15.0. The van der Waals surface area contributed by atoms with E-state index in [4.69, 9.17) is 9.47 Å². The fourth-order valence-electron chi connectivity index (χ4n) is 2.54. The molecule has 1 aromatic carbocycles. The predicted octanol–water partition coefficient (Wildman–Crippen LogP) is 0.824. The third kappa shape index (κ3) is 3.36. The first-order chi connectivity index (χ1) is 9.65. The van der Waals surface area contributed by atoms with E-state index in [2.05, 4.69) is 22.8 Å². The van der Waals surface area contributed by atoms with Crippen LogP contribution in [0.1, 0.15) is 18.1 Å². The Morgan fingerprint density at radius 2 is 1.95 bits per heavy atom. The second-order valence-electron chi connectivity index (χ2n) is 5.04. The molecule has 110 valence electrons. The van der Waals surface area contributed by atoms with E-state index in [1.54, 1.807) is 14.2 Å². The summed E-state index contributed by atoms with van der Waals surface area (Å²) in [5.74, 6) is -0.0221. The van der Waals surface area contributed by atoms with Gasteiger partial charge in [0.05, 0.1) is 12.1 Å². The minimum atomic E-state index is -0.435. The van der Waals surface area contributed by atoms with Gasteiger partial charge in [0.1, 0.15) is 0 Å². The number of carbonyl (C=O) groups excluding carboxylic acids is 1. The highest BCUT2D eigenvalue weighted by atomic mass is 16.7. The van der Waals surface area contributed by atoms with E-state index in [1.165, 1.54) is 11.1 Å². The monoisotopic (exact) mass is 278 g/mol. The number of fused-ring (bicyclic) bond motifs is 1. The van der Waals surface area contributed by atoms with Gasteiger partial charge in [-0.1, -0.05) is 24.3 Å². The van der Waals surface area contributed by atoms with Crippen molar-refractivity contribution in [3.05, 3.63) is 35.4 Å². The molecule has 0 radical (unpaired) electrons. The molecule has 1 aliphatic rings. The lowest BCUT2D eigenvalue weighted by molar-refractivity contribution is -0.137. The molecule has 1 heterocycles. The Kier molecular flexibility index (Phi) is 5.11. The molecule has 1 aromatic rings. The van der Waals surface area contributed by atoms with Gasteiger partial charge in [0.2, 0.25) is 5.91 Å². The van der Waals surface area contributed by atoms with Crippen LogP contribution in [0.5, 0.6) is 0 Å². The number of ether oxygens (including phenoxy) is 2. The summed E-state index contributed by atoms with van der Waals surface area (Å²) in [5, 5.41) is 6.19. The van der Waals surface area contributed by atoms with Crippen LogP contribution in [-0.4, -0.2) is 38.5 Å². The molecule has 0 fully saturated rings. The number of hydrogen-bond donors (Lipinski definition) is 2. The molecule has 0 aromatic heterocycles. The molecule has 2 N–H and O–H groups in total. The van der Waals surface area contributed by atoms with Crippen LogP contribution < -0.4 is 10.6 Å². The number of methoxy groups -OCH3 is 2. The molecule has 5 heteroatoms. The maximum absolute atomic E-state index is 12.3. The van der Waals surface area contributed by atoms with Crippen molar-refractivity contribution >= 4 is 5.91 Å². The van der Waals surface area contributed by atoms with Gasteiger partial charge in [0, 0.05) is 20.8 Å². The Morgan fingerprint density at radius 1 is 1.30 bits per heavy atom. The Labute approximate surface area is 119 Å². The number of carbonyl (C=O) groups is 1. The maximum Gasteiger partial charge on any atom is 0.237 e. The third-order valence-corrected chi connectivity index (χ3v) is 3.64. The SMILES string of the molecule is COC(OC)C(C)NC(=O)[C@H]1Cc2ccccc2CN1.